The summed E-state index contributed by atoms with van der Waals surface area (Å²) in [6.45, 7) is 1.04. The van der Waals surface area contributed by atoms with Crippen molar-refractivity contribution in [2.24, 2.45) is 0 Å². The summed E-state index contributed by atoms with van der Waals surface area (Å²) in [6.07, 6.45) is 3.57. The van der Waals surface area contributed by atoms with Crippen molar-refractivity contribution < 1.29 is 14.6 Å². The quantitative estimate of drug-likeness (QED) is 0.268. The highest BCUT2D eigenvalue weighted by molar-refractivity contribution is 7.99. The molecule has 0 spiro atoms. The maximum absolute atomic E-state index is 13.4. The second-order valence-corrected chi connectivity index (χ2v) is 10.6. The third kappa shape index (κ3) is 4.86. The van der Waals surface area contributed by atoms with E-state index < -0.39 is 6.10 Å². The Morgan fingerprint density at radius 1 is 1.18 bits per heavy atom. The Morgan fingerprint density at radius 3 is 2.85 bits per heavy atom. The summed E-state index contributed by atoms with van der Waals surface area (Å²) in [4.78, 5) is 20.4. The van der Waals surface area contributed by atoms with E-state index in [2.05, 4.69) is 6.07 Å². The Bertz CT molecular complexity index is 1360. The first-order valence-corrected chi connectivity index (χ1v) is 13.4. The molecule has 0 bridgehead atoms. The van der Waals surface area contributed by atoms with Crippen molar-refractivity contribution in [3.8, 4) is 5.75 Å². The minimum absolute atomic E-state index is 0.00542. The highest BCUT2D eigenvalue weighted by Gasteiger charge is 2.22. The van der Waals surface area contributed by atoms with Crippen LogP contribution in [0.3, 0.4) is 0 Å². The van der Waals surface area contributed by atoms with E-state index in [-0.39, 0.29) is 12.2 Å². The fourth-order valence-corrected chi connectivity index (χ4v) is 6.61. The third-order valence-corrected chi connectivity index (χ3v) is 8.43. The van der Waals surface area contributed by atoms with Crippen LogP contribution in [-0.2, 0) is 24.1 Å². The molecule has 1 N–H and O–H groups in total. The zero-order valence-electron chi connectivity index (χ0n) is 19.2. The van der Waals surface area contributed by atoms with Gasteiger partial charge in [0.15, 0.2) is 5.16 Å². The van der Waals surface area contributed by atoms with Crippen LogP contribution >= 0.6 is 23.1 Å². The van der Waals surface area contributed by atoms with Crippen LogP contribution in [0, 0.1) is 0 Å². The summed E-state index contributed by atoms with van der Waals surface area (Å²) in [5, 5.41) is 14.2. The zero-order valence-corrected chi connectivity index (χ0v) is 20.8. The van der Waals surface area contributed by atoms with Gasteiger partial charge in [0.1, 0.15) is 17.2 Å². The number of methoxy groups -OCH3 is 1. The van der Waals surface area contributed by atoms with Gasteiger partial charge in [-0.05, 0) is 54.2 Å². The molecule has 2 heterocycles. The number of aliphatic hydroxyl groups excluding tert-OH is 1. The summed E-state index contributed by atoms with van der Waals surface area (Å²) in [7, 11) is 1.63. The van der Waals surface area contributed by atoms with Gasteiger partial charge < -0.3 is 14.6 Å². The maximum atomic E-state index is 13.4. The molecule has 34 heavy (non-hydrogen) atoms. The molecule has 6 nitrogen and oxygen atoms in total. The molecular weight excluding hydrogens is 468 g/mol. The maximum Gasteiger partial charge on any atom is 0.263 e. The van der Waals surface area contributed by atoms with E-state index >= 15 is 0 Å². The second kappa shape index (κ2) is 10.5. The molecule has 5 rings (SSSR count). The molecule has 1 unspecified atom stereocenters. The van der Waals surface area contributed by atoms with Gasteiger partial charge in [0.05, 0.1) is 24.6 Å². The normalized spacial score (nSPS) is 14.4. The van der Waals surface area contributed by atoms with E-state index in [1.807, 2.05) is 36.4 Å². The second-order valence-electron chi connectivity index (χ2n) is 8.52. The van der Waals surface area contributed by atoms with Crippen LogP contribution in [0.5, 0.6) is 5.75 Å². The lowest BCUT2D eigenvalue weighted by molar-refractivity contribution is 0.126. The number of fused-ring (bicyclic) bond motifs is 4. The Labute approximate surface area is 206 Å². The average molecular weight is 497 g/mol. The number of thiophene rings is 1. The molecule has 0 aliphatic heterocycles. The first-order valence-electron chi connectivity index (χ1n) is 11.6. The van der Waals surface area contributed by atoms with E-state index in [9.17, 15) is 9.90 Å². The predicted octanol–water partition coefficient (Wildman–Crippen LogP) is 4.67. The standard InChI is InChI=1S/C26H28N2O4S2/c1-31-13-12-28-25(30)23-21-8-4-5-9-22(21)34-24(23)27-26(28)33-16-19(29)15-32-20-11-10-17-6-2-3-7-18(17)14-20/h2-3,6-7,10-11,14,19,29H,4-5,8-9,12-13,15-16H2,1H3. The van der Waals surface area contributed by atoms with Crippen LogP contribution in [0.25, 0.3) is 21.0 Å². The van der Waals surface area contributed by atoms with Crippen molar-refractivity contribution in [1.82, 2.24) is 9.55 Å². The molecule has 1 aliphatic rings. The van der Waals surface area contributed by atoms with E-state index in [0.29, 0.717) is 24.1 Å². The molecule has 4 aromatic rings. The number of benzene rings is 2. The van der Waals surface area contributed by atoms with Crippen molar-refractivity contribution in [2.45, 2.75) is 43.5 Å². The van der Waals surface area contributed by atoms with E-state index in [1.54, 1.807) is 23.0 Å². The van der Waals surface area contributed by atoms with Crippen LogP contribution in [0.2, 0.25) is 0 Å². The number of rotatable bonds is 9. The summed E-state index contributed by atoms with van der Waals surface area (Å²) < 4.78 is 12.8. The number of nitrogens with zero attached hydrogens (tertiary/aromatic N) is 2. The molecule has 2 aromatic carbocycles. The predicted molar refractivity (Wildman–Crippen MR) is 139 cm³/mol. The molecule has 8 heteroatoms. The van der Waals surface area contributed by atoms with Crippen molar-refractivity contribution in [3.63, 3.8) is 0 Å². The fourth-order valence-electron chi connectivity index (χ4n) is 4.38. The highest BCUT2D eigenvalue weighted by atomic mass is 32.2. The number of ether oxygens (including phenoxy) is 2. The number of aliphatic hydroxyl groups is 1. The monoisotopic (exact) mass is 496 g/mol. The number of hydrogen-bond acceptors (Lipinski definition) is 7. The SMILES string of the molecule is COCCn1c(SCC(O)COc2ccc3ccccc3c2)nc2sc3c(c2c1=O)CCCC3. The fraction of sp³-hybridized carbons (Fsp3) is 0.385. The van der Waals surface area contributed by atoms with Gasteiger partial charge in [0, 0.05) is 17.7 Å². The largest absolute Gasteiger partial charge is 0.491 e. The first kappa shape index (κ1) is 23.4. The number of aryl methyl sites for hydroxylation is 2. The van der Waals surface area contributed by atoms with Crippen molar-refractivity contribution >= 4 is 44.1 Å². The van der Waals surface area contributed by atoms with Crippen LogP contribution in [0.1, 0.15) is 23.3 Å². The smallest absolute Gasteiger partial charge is 0.263 e. The molecule has 1 atom stereocenters. The molecule has 0 saturated heterocycles. The van der Waals surface area contributed by atoms with Crippen molar-refractivity contribution in [3.05, 3.63) is 63.3 Å². The lowest BCUT2D eigenvalue weighted by atomic mass is 9.97. The highest BCUT2D eigenvalue weighted by Crippen LogP contribution is 2.34. The summed E-state index contributed by atoms with van der Waals surface area (Å²) in [5.41, 5.74) is 1.20. The Morgan fingerprint density at radius 2 is 2.00 bits per heavy atom. The van der Waals surface area contributed by atoms with Gasteiger partial charge >= 0.3 is 0 Å². The number of hydrogen-bond donors (Lipinski definition) is 1. The lowest BCUT2D eigenvalue weighted by Gasteiger charge is -2.15. The van der Waals surface area contributed by atoms with Gasteiger partial charge in [-0.3, -0.25) is 9.36 Å². The van der Waals surface area contributed by atoms with E-state index in [1.165, 1.54) is 28.6 Å². The zero-order chi connectivity index (χ0) is 23.5. The summed E-state index contributed by atoms with van der Waals surface area (Å²) >= 11 is 3.04. The van der Waals surface area contributed by atoms with Crippen LogP contribution in [0.15, 0.2) is 52.4 Å². The summed E-state index contributed by atoms with van der Waals surface area (Å²) in [6, 6.07) is 14.0. The van der Waals surface area contributed by atoms with Gasteiger partial charge in [-0.15, -0.1) is 11.3 Å². The molecule has 1 aliphatic carbocycles. The van der Waals surface area contributed by atoms with Crippen molar-refractivity contribution in [1.29, 1.82) is 0 Å². The van der Waals surface area contributed by atoms with Gasteiger partial charge in [-0.1, -0.05) is 42.1 Å². The third-order valence-electron chi connectivity index (χ3n) is 6.13. The van der Waals surface area contributed by atoms with Gasteiger partial charge in [0.2, 0.25) is 0 Å². The van der Waals surface area contributed by atoms with Crippen LogP contribution in [-0.4, -0.2) is 46.8 Å². The molecule has 2 aromatic heterocycles. The van der Waals surface area contributed by atoms with E-state index in [4.69, 9.17) is 14.5 Å². The van der Waals surface area contributed by atoms with Crippen LogP contribution in [0.4, 0.5) is 0 Å². The Balaban J connectivity index is 1.31. The average Bonchev–Trinajstić information content (AvgIpc) is 3.24. The van der Waals surface area contributed by atoms with Gasteiger partial charge in [0.25, 0.3) is 5.56 Å². The Hall–Kier alpha value is -2.39. The molecule has 178 valence electrons. The molecule has 0 amide bonds. The van der Waals surface area contributed by atoms with Gasteiger partial charge in [-0.2, -0.15) is 0 Å². The molecule has 0 fully saturated rings. The Kier molecular flexibility index (Phi) is 7.20. The minimum Gasteiger partial charge on any atom is -0.491 e. The first-order chi connectivity index (χ1) is 16.6. The number of aromatic nitrogens is 2. The van der Waals surface area contributed by atoms with Gasteiger partial charge in [-0.25, -0.2) is 4.98 Å². The van der Waals surface area contributed by atoms with E-state index in [0.717, 1.165) is 46.0 Å². The van der Waals surface area contributed by atoms with Crippen molar-refractivity contribution in [2.75, 3.05) is 26.1 Å². The topological polar surface area (TPSA) is 73.6 Å². The molecular formula is C26H28N2O4S2. The minimum atomic E-state index is -0.698. The number of thioether (sulfide) groups is 1. The lowest BCUT2D eigenvalue weighted by Crippen LogP contribution is -2.27. The molecule has 0 radical (unpaired) electrons. The van der Waals surface area contributed by atoms with Crippen LogP contribution < -0.4 is 10.3 Å². The summed E-state index contributed by atoms with van der Waals surface area (Å²) in [5.74, 6) is 1.10. The molecule has 0 saturated carbocycles.